The van der Waals surface area contributed by atoms with E-state index in [4.69, 9.17) is 9.47 Å². The first-order valence-electron chi connectivity index (χ1n) is 6.10. The zero-order valence-electron chi connectivity index (χ0n) is 10.3. The minimum atomic E-state index is 0.0481. The average molecular weight is 236 g/mol. The molecule has 1 N–H and O–H groups in total. The van der Waals surface area contributed by atoms with Gasteiger partial charge in [-0.05, 0) is 30.5 Å². The summed E-state index contributed by atoms with van der Waals surface area (Å²) in [5.74, 6) is 0.861. The molecule has 1 aromatic rings. The molecular weight excluding hydrogens is 216 g/mol. The Labute approximate surface area is 102 Å². The Balaban J connectivity index is 1.77. The van der Waals surface area contributed by atoms with Gasteiger partial charge in [0, 0.05) is 5.41 Å². The van der Waals surface area contributed by atoms with Gasteiger partial charge >= 0.3 is 0 Å². The topological polar surface area (TPSA) is 38.7 Å². The molecule has 3 heteroatoms. The van der Waals surface area contributed by atoms with Crippen LogP contribution in [0.3, 0.4) is 0 Å². The van der Waals surface area contributed by atoms with Crippen LogP contribution in [0, 0.1) is 5.41 Å². The predicted molar refractivity (Wildman–Crippen MR) is 66.0 cm³/mol. The van der Waals surface area contributed by atoms with E-state index in [0.717, 1.165) is 24.2 Å². The summed E-state index contributed by atoms with van der Waals surface area (Å²) in [4.78, 5) is 0. The Hall–Kier alpha value is -1.06. The van der Waals surface area contributed by atoms with Crippen LogP contribution in [-0.4, -0.2) is 25.4 Å². The summed E-state index contributed by atoms with van der Waals surface area (Å²) in [5, 5.41) is 9.31. The van der Waals surface area contributed by atoms with Crippen LogP contribution in [0.25, 0.3) is 0 Å². The monoisotopic (exact) mass is 236 g/mol. The Morgan fingerprint density at radius 3 is 2.41 bits per heavy atom. The molecule has 1 saturated carbocycles. The number of aliphatic hydroxyl groups excluding tert-OH is 1. The lowest BCUT2D eigenvalue weighted by atomic mass is 9.70. The van der Waals surface area contributed by atoms with Crippen molar-refractivity contribution in [2.24, 2.45) is 5.41 Å². The summed E-state index contributed by atoms with van der Waals surface area (Å²) in [6.45, 7) is 1.51. The van der Waals surface area contributed by atoms with Crippen LogP contribution in [0.15, 0.2) is 24.3 Å². The van der Waals surface area contributed by atoms with Crippen molar-refractivity contribution < 1.29 is 14.6 Å². The third-order valence-corrected chi connectivity index (χ3v) is 3.59. The van der Waals surface area contributed by atoms with Gasteiger partial charge in [0.1, 0.15) is 5.75 Å². The van der Waals surface area contributed by atoms with Crippen LogP contribution in [-0.2, 0) is 11.3 Å². The lowest BCUT2D eigenvalue weighted by molar-refractivity contribution is -0.0479. The second kappa shape index (κ2) is 5.52. The highest BCUT2D eigenvalue weighted by Gasteiger charge is 2.36. The molecule has 0 amide bonds. The van der Waals surface area contributed by atoms with Crippen molar-refractivity contribution in [3.05, 3.63) is 29.8 Å². The first-order chi connectivity index (χ1) is 8.28. The van der Waals surface area contributed by atoms with Crippen LogP contribution in [0.5, 0.6) is 5.75 Å². The number of aliphatic hydroxyl groups is 1. The fraction of sp³-hybridized carbons (Fsp3) is 0.571. The summed E-state index contributed by atoms with van der Waals surface area (Å²) < 4.78 is 10.8. The number of hydrogen-bond donors (Lipinski definition) is 1. The van der Waals surface area contributed by atoms with E-state index in [2.05, 4.69) is 0 Å². The summed E-state index contributed by atoms with van der Waals surface area (Å²) in [5.41, 5.74) is 1.19. The van der Waals surface area contributed by atoms with Crippen LogP contribution in [0.1, 0.15) is 24.8 Å². The van der Waals surface area contributed by atoms with Gasteiger partial charge in [0.05, 0.1) is 26.9 Å². The zero-order valence-corrected chi connectivity index (χ0v) is 10.3. The van der Waals surface area contributed by atoms with Crippen molar-refractivity contribution in [1.82, 2.24) is 0 Å². The first kappa shape index (κ1) is 12.4. The highest BCUT2D eigenvalue weighted by molar-refractivity contribution is 5.26. The third-order valence-electron chi connectivity index (χ3n) is 3.59. The van der Waals surface area contributed by atoms with E-state index in [-0.39, 0.29) is 12.0 Å². The van der Waals surface area contributed by atoms with Crippen molar-refractivity contribution >= 4 is 0 Å². The molecular formula is C14H20O3. The maximum absolute atomic E-state index is 9.31. The van der Waals surface area contributed by atoms with Crippen molar-refractivity contribution in [2.75, 3.05) is 20.3 Å². The van der Waals surface area contributed by atoms with Crippen molar-refractivity contribution in [1.29, 1.82) is 0 Å². The molecule has 94 valence electrons. The Morgan fingerprint density at radius 2 is 1.94 bits per heavy atom. The SMILES string of the molecule is COc1ccc(COCC2(CO)CCC2)cc1. The Bertz CT molecular complexity index is 335. The maximum Gasteiger partial charge on any atom is 0.118 e. The van der Waals surface area contributed by atoms with Gasteiger partial charge in [0.2, 0.25) is 0 Å². The van der Waals surface area contributed by atoms with Crippen LogP contribution in [0.4, 0.5) is 0 Å². The molecule has 3 nitrogen and oxygen atoms in total. The fourth-order valence-electron chi connectivity index (χ4n) is 2.13. The van der Waals surface area contributed by atoms with E-state index in [1.807, 2.05) is 24.3 Å². The molecule has 2 rings (SSSR count). The number of rotatable bonds is 6. The molecule has 1 aromatic carbocycles. The summed E-state index contributed by atoms with van der Waals surface area (Å²) in [7, 11) is 1.66. The second-order valence-electron chi connectivity index (χ2n) is 4.85. The molecule has 17 heavy (non-hydrogen) atoms. The molecule has 0 aliphatic heterocycles. The van der Waals surface area contributed by atoms with Crippen LogP contribution >= 0.6 is 0 Å². The molecule has 0 heterocycles. The molecule has 0 bridgehead atoms. The molecule has 0 atom stereocenters. The average Bonchev–Trinajstić information content (AvgIpc) is 2.33. The van der Waals surface area contributed by atoms with Gasteiger partial charge in [0.25, 0.3) is 0 Å². The molecule has 0 unspecified atom stereocenters. The Morgan fingerprint density at radius 1 is 1.24 bits per heavy atom. The van der Waals surface area contributed by atoms with Gasteiger partial charge < -0.3 is 14.6 Å². The number of methoxy groups -OCH3 is 1. The lowest BCUT2D eigenvalue weighted by Gasteiger charge is -2.39. The number of ether oxygens (including phenoxy) is 2. The number of benzene rings is 1. The van der Waals surface area contributed by atoms with E-state index in [0.29, 0.717) is 13.2 Å². The first-order valence-corrected chi connectivity index (χ1v) is 6.10. The highest BCUT2D eigenvalue weighted by atomic mass is 16.5. The minimum absolute atomic E-state index is 0.0481. The van der Waals surface area contributed by atoms with Gasteiger partial charge in [-0.2, -0.15) is 0 Å². The molecule has 0 spiro atoms. The summed E-state index contributed by atoms with van der Waals surface area (Å²) >= 11 is 0. The van der Waals surface area contributed by atoms with E-state index >= 15 is 0 Å². The van der Waals surface area contributed by atoms with Gasteiger partial charge in [-0.3, -0.25) is 0 Å². The third kappa shape index (κ3) is 2.99. The van der Waals surface area contributed by atoms with E-state index in [9.17, 15) is 5.11 Å². The summed E-state index contributed by atoms with van der Waals surface area (Å²) in [6, 6.07) is 7.88. The molecule has 0 saturated heterocycles. The number of hydrogen-bond acceptors (Lipinski definition) is 3. The quantitative estimate of drug-likeness (QED) is 0.824. The van der Waals surface area contributed by atoms with E-state index < -0.39 is 0 Å². The van der Waals surface area contributed by atoms with E-state index in [1.165, 1.54) is 6.42 Å². The largest absolute Gasteiger partial charge is 0.497 e. The normalized spacial score (nSPS) is 17.5. The van der Waals surface area contributed by atoms with E-state index in [1.54, 1.807) is 7.11 Å². The van der Waals surface area contributed by atoms with Crippen molar-refractivity contribution in [3.63, 3.8) is 0 Å². The second-order valence-corrected chi connectivity index (χ2v) is 4.85. The molecule has 1 aliphatic rings. The molecule has 0 radical (unpaired) electrons. The van der Waals surface area contributed by atoms with Crippen LogP contribution < -0.4 is 4.74 Å². The zero-order chi connectivity index (χ0) is 12.1. The summed E-state index contributed by atoms with van der Waals surface area (Å²) in [6.07, 6.45) is 3.39. The predicted octanol–water partition coefficient (Wildman–Crippen LogP) is 2.37. The highest BCUT2D eigenvalue weighted by Crippen LogP contribution is 2.40. The van der Waals surface area contributed by atoms with Crippen molar-refractivity contribution in [3.8, 4) is 5.75 Å². The molecule has 1 fully saturated rings. The van der Waals surface area contributed by atoms with Gasteiger partial charge in [-0.15, -0.1) is 0 Å². The van der Waals surface area contributed by atoms with Gasteiger partial charge in [-0.1, -0.05) is 18.6 Å². The Kier molecular flexibility index (Phi) is 4.02. The van der Waals surface area contributed by atoms with Gasteiger partial charge in [0.15, 0.2) is 0 Å². The maximum atomic E-state index is 9.31. The molecule has 0 aromatic heterocycles. The van der Waals surface area contributed by atoms with Crippen molar-refractivity contribution in [2.45, 2.75) is 25.9 Å². The standard InChI is InChI=1S/C14H20O3/c1-16-13-5-3-12(4-6-13)9-17-11-14(10-15)7-2-8-14/h3-6,15H,2,7-11H2,1H3. The van der Waals surface area contributed by atoms with Crippen LogP contribution in [0.2, 0.25) is 0 Å². The fourth-order valence-corrected chi connectivity index (χ4v) is 2.13. The lowest BCUT2D eigenvalue weighted by Crippen LogP contribution is -2.37. The minimum Gasteiger partial charge on any atom is -0.497 e. The molecule has 1 aliphatic carbocycles. The smallest absolute Gasteiger partial charge is 0.118 e. The van der Waals surface area contributed by atoms with Gasteiger partial charge in [-0.25, -0.2) is 0 Å².